The van der Waals surface area contributed by atoms with Crippen LogP contribution in [0, 0.1) is 0 Å². The molecule has 2 rings (SSSR count). The number of para-hydroxylation sites is 2. The number of pyridine rings is 1. The van der Waals surface area contributed by atoms with Gasteiger partial charge in [-0.05, 0) is 18.2 Å². The number of nitrogens with zero attached hydrogens (tertiary/aromatic N) is 1. The van der Waals surface area contributed by atoms with Crippen molar-refractivity contribution in [3.8, 4) is 11.5 Å². The Morgan fingerprint density at radius 3 is 2.61 bits per heavy atom. The highest BCUT2D eigenvalue weighted by atomic mass is 16.5. The van der Waals surface area contributed by atoms with E-state index in [1.165, 1.54) is 0 Å². The molecule has 0 aliphatic carbocycles. The highest BCUT2D eigenvalue weighted by Gasteiger charge is 2.05. The Labute approximate surface area is 106 Å². The second kappa shape index (κ2) is 6.02. The molecule has 0 atom stereocenters. The smallest absolute Gasteiger partial charge is 0.161 e. The largest absolute Gasteiger partial charge is 0.493 e. The van der Waals surface area contributed by atoms with Crippen molar-refractivity contribution in [3.63, 3.8) is 0 Å². The van der Waals surface area contributed by atoms with Crippen molar-refractivity contribution in [2.45, 2.75) is 13.2 Å². The van der Waals surface area contributed by atoms with Gasteiger partial charge in [0.2, 0.25) is 0 Å². The Morgan fingerprint density at radius 1 is 1.11 bits per heavy atom. The van der Waals surface area contributed by atoms with Gasteiger partial charge in [0.1, 0.15) is 6.61 Å². The van der Waals surface area contributed by atoms with Crippen LogP contribution in [0.4, 0.5) is 0 Å². The second-order valence-electron chi connectivity index (χ2n) is 3.75. The van der Waals surface area contributed by atoms with Gasteiger partial charge in [-0.2, -0.15) is 0 Å². The maximum Gasteiger partial charge on any atom is 0.161 e. The topological polar surface area (TPSA) is 57.4 Å². The average molecular weight is 244 g/mol. The summed E-state index contributed by atoms with van der Waals surface area (Å²) in [6.45, 7) is 0.839. The van der Waals surface area contributed by atoms with Gasteiger partial charge in [0.15, 0.2) is 11.5 Å². The molecule has 18 heavy (non-hydrogen) atoms. The second-order valence-corrected chi connectivity index (χ2v) is 3.75. The van der Waals surface area contributed by atoms with Gasteiger partial charge in [0.25, 0.3) is 0 Å². The molecule has 4 nitrogen and oxygen atoms in total. The van der Waals surface area contributed by atoms with Gasteiger partial charge >= 0.3 is 0 Å². The van der Waals surface area contributed by atoms with Crippen LogP contribution >= 0.6 is 0 Å². The number of hydrogen-bond donors (Lipinski definition) is 1. The van der Waals surface area contributed by atoms with E-state index in [1.807, 2.05) is 36.4 Å². The lowest BCUT2D eigenvalue weighted by molar-refractivity contribution is 0.283. The van der Waals surface area contributed by atoms with E-state index < -0.39 is 0 Å². The standard InChI is InChI=1S/C14H16N2O2/c1-17-13-6-2-3-7-14(13)18-10-11-5-4-8-16-12(11)9-15/h2-8H,9-10,15H2,1H3. The first-order valence-corrected chi connectivity index (χ1v) is 5.74. The number of benzene rings is 1. The number of rotatable bonds is 5. The lowest BCUT2D eigenvalue weighted by atomic mass is 10.2. The molecular weight excluding hydrogens is 228 g/mol. The van der Waals surface area contributed by atoms with Crippen LogP contribution in [0.15, 0.2) is 42.6 Å². The van der Waals surface area contributed by atoms with E-state index in [1.54, 1.807) is 13.3 Å². The minimum absolute atomic E-state index is 0.408. The molecule has 1 heterocycles. The van der Waals surface area contributed by atoms with Crippen molar-refractivity contribution in [1.29, 1.82) is 0 Å². The van der Waals surface area contributed by atoms with E-state index in [-0.39, 0.29) is 0 Å². The zero-order chi connectivity index (χ0) is 12.8. The summed E-state index contributed by atoms with van der Waals surface area (Å²) in [4.78, 5) is 4.22. The van der Waals surface area contributed by atoms with E-state index in [9.17, 15) is 0 Å². The lowest BCUT2D eigenvalue weighted by Gasteiger charge is -2.11. The quantitative estimate of drug-likeness (QED) is 0.875. The van der Waals surface area contributed by atoms with E-state index in [4.69, 9.17) is 15.2 Å². The minimum atomic E-state index is 0.408. The third kappa shape index (κ3) is 2.78. The van der Waals surface area contributed by atoms with Gasteiger partial charge in [-0.3, -0.25) is 4.98 Å². The first-order valence-electron chi connectivity index (χ1n) is 5.74. The highest BCUT2D eigenvalue weighted by Crippen LogP contribution is 2.26. The molecule has 0 bridgehead atoms. The monoisotopic (exact) mass is 244 g/mol. The summed E-state index contributed by atoms with van der Waals surface area (Å²) in [5.41, 5.74) is 7.48. The van der Waals surface area contributed by atoms with Crippen molar-refractivity contribution >= 4 is 0 Å². The van der Waals surface area contributed by atoms with Crippen LogP contribution < -0.4 is 15.2 Å². The summed E-state index contributed by atoms with van der Waals surface area (Å²) in [7, 11) is 1.62. The molecule has 0 fully saturated rings. The van der Waals surface area contributed by atoms with E-state index in [2.05, 4.69) is 4.98 Å². The maximum absolute atomic E-state index is 5.74. The van der Waals surface area contributed by atoms with Crippen molar-refractivity contribution in [3.05, 3.63) is 53.9 Å². The van der Waals surface area contributed by atoms with Crippen LogP contribution in [0.2, 0.25) is 0 Å². The third-order valence-electron chi connectivity index (χ3n) is 2.63. The van der Waals surface area contributed by atoms with Crippen molar-refractivity contribution in [1.82, 2.24) is 4.98 Å². The van der Waals surface area contributed by atoms with Crippen LogP contribution in [-0.2, 0) is 13.2 Å². The highest BCUT2D eigenvalue weighted by molar-refractivity contribution is 5.39. The Bertz CT molecular complexity index is 467. The molecule has 0 unspecified atom stereocenters. The molecule has 0 aliphatic heterocycles. The molecule has 0 saturated carbocycles. The van der Waals surface area contributed by atoms with Crippen LogP contribution in [0.1, 0.15) is 11.3 Å². The summed E-state index contributed by atoms with van der Waals surface area (Å²) in [6.07, 6.45) is 1.73. The molecule has 0 aliphatic rings. The molecule has 4 heteroatoms. The summed E-state index contributed by atoms with van der Waals surface area (Å²) in [5.74, 6) is 1.43. The molecule has 0 spiro atoms. The minimum Gasteiger partial charge on any atom is -0.493 e. The van der Waals surface area contributed by atoms with Crippen LogP contribution in [-0.4, -0.2) is 12.1 Å². The van der Waals surface area contributed by atoms with Crippen LogP contribution in [0.5, 0.6) is 11.5 Å². The van der Waals surface area contributed by atoms with Gasteiger partial charge < -0.3 is 15.2 Å². The summed E-state index contributed by atoms with van der Waals surface area (Å²) >= 11 is 0. The number of nitrogens with two attached hydrogens (primary N) is 1. The SMILES string of the molecule is COc1ccccc1OCc1cccnc1CN. The Kier molecular flexibility index (Phi) is 4.15. The average Bonchev–Trinajstić information content (AvgIpc) is 2.45. The van der Waals surface area contributed by atoms with Gasteiger partial charge in [-0.1, -0.05) is 18.2 Å². The summed E-state index contributed by atoms with van der Waals surface area (Å²) in [5, 5.41) is 0. The summed E-state index contributed by atoms with van der Waals surface area (Å²) in [6, 6.07) is 11.4. The van der Waals surface area contributed by atoms with Crippen molar-refractivity contribution < 1.29 is 9.47 Å². The zero-order valence-corrected chi connectivity index (χ0v) is 10.3. The molecule has 2 aromatic rings. The fraction of sp³-hybridized carbons (Fsp3) is 0.214. The predicted molar refractivity (Wildman–Crippen MR) is 69.5 cm³/mol. The van der Waals surface area contributed by atoms with Crippen molar-refractivity contribution in [2.75, 3.05) is 7.11 Å². The molecule has 0 radical (unpaired) electrons. The van der Waals surface area contributed by atoms with Gasteiger partial charge in [-0.25, -0.2) is 0 Å². The molecular formula is C14H16N2O2. The van der Waals surface area contributed by atoms with Gasteiger partial charge in [0, 0.05) is 18.3 Å². The Morgan fingerprint density at radius 2 is 1.89 bits per heavy atom. The lowest BCUT2D eigenvalue weighted by Crippen LogP contribution is -2.07. The fourth-order valence-corrected chi connectivity index (χ4v) is 1.68. The van der Waals surface area contributed by atoms with Crippen molar-refractivity contribution in [2.24, 2.45) is 5.73 Å². The first-order chi connectivity index (χ1) is 8.85. The molecule has 0 saturated heterocycles. The summed E-state index contributed by atoms with van der Waals surface area (Å²) < 4.78 is 11.0. The maximum atomic E-state index is 5.74. The number of hydrogen-bond acceptors (Lipinski definition) is 4. The fourth-order valence-electron chi connectivity index (χ4n) is 1.68. The third-order valence-corrected chi connectivity index (χ3v) is 2.63. The van der Waals surface area contributed by atoms with E-state index in [0.717, 1.165) is 17.0 Å². The Hall–Kier alpha value is -2.07. The molecule has 94 valence electrons. The Balaban J connectivity index is 2.11. The van der Waals surface area contributed by atoms with Crippen LogP contribution in [0.25, 0.3) is 0 Å². The van der Waals surface area contributed by atoms with E-state index in [0.29, 0.717) is 18.9 Å². The molecule has 1 aromatic heterocycles. The molecule has 2 N–H and O–H groups in total. The molecule has 1 aromatic carbocycles. The number of methoxy groups -OCH3 is 1. The van der Waals surface area contributed by atoms with Gasteiger partial charge in [0.05, 0.1) is 12.8 Å². The predicted octanol–water partition coefficient (Wildman–Crippen LogP) is 2.13. The molecule has 0 amide bonds. The number of aromatic nitrogens is 1. The van der Waals surface area contributed by atoms with E-state index >= 15 is 0 Å². The van der Waals surface area contributed by atoms with Crippen LogP contribution in [0.3, 0.4) is 0 Å². The normalized spacial score (nSPS) is 10.1. The number of ether oxygens (including phenoxy) is 2. The first kappa shape index (κ1) is 12.4. The zero-order valence-electron chi connectivity index (χ0n) is 10.3. The van der Waals surface area contributed by atoms with Gasteiger partial charge in [-0.15, -0.1) is 0 Å².